The van der Waals surface area contributed by atoms with Gasteiger partial charge in [-0.2, -0.15) is 4.31 Å². The molecule has 1 aliphatic rings. The summed E-state index contributed by atoms with van der Waals surface area (Å²) in [5.41, 5.74) is 0.748. The monoisotopic (exact) mass is 496 g/mol. The van der Waals surface area contributed by atoms with Crippen molar-refractivity contribution in [3.63, 3.8) is 0 Å². The Morgan fingerprint density at radius 2 is 1.76 bits per heavy atom. The van der Waals surface area contributed by atoms with E-state index in [-0.39, 0.29) is 42.4 Å². The highest BCUT2D eigenvalue weighted by atomic mass is 35.5. The number of carbonyl (C=O) groups is 2. The summed E-state index contributed by atoms with van der Waals surface area (Å²) >= 11 is 5.94. The van der Waals surface area contributed by atoms with E-state index >= 15 is 0 Å². The van der Waals surface area contributed by atoms with Gasteiger partial charge in [0.25, 0.3) is 5.91 Å². The molecule has 0 unspecified atom stereocenters. The van der Waals surface area contributed by atoms with E-state index in [0.717, 1.165) is 5.56 Å². The number of ether oxygens (including phenoxy) is 3. The summed E-state index contributed by atoms with van der Waals surface area (Å²) in [5, 5.41) is 0.535. The van der Waals surface area contributed by atoms with E-state index in [1.165, 1.54) is 41.6 Å². The maximum atomic E-state index is 13.5. The summed E-state index contributed by atoms with van der Waals surface area (Å²) in [6.07, 6.45) is 0. The van der Waals surface area contributed by atoms with Gasteiger partial charge >= 0.3 is 5.97 Å². The van der Waals surface area contributed by atoms with Crippen LogP contribution in [-0.2, 0) is 30.8 Å². The zero-order valence-electron chi connectivity index (χ0n) is 18.3. The van der Waals surface area contributed by atoms with Crippen molar-refractivity contribution in [3.8, 4) is 5.75 Å². The zero-order chi connectivity index (χ0) is 24.0. The van der Waals surface area contributed by atoms with E-state index < -0.39 is 21.9 Å². The number of amides is 1. The second kappa shape index (κ2) is 11.0. The summed E-state index contributed by atoms with van der Waals surface area (Å²) < 4.78 is 42.8. The number of benzene rings is 2. The Bertz CT molecular complexity index is 1100. The smallest absolute Gasteiger partial charge is 0.325 e. The lowest BCUT2D eigenvalue weighted by Gasteiger charge is -2.27. The molecular formula is C22H25ClN2O7S. The molecule has 0 bridgehead atoms. The molecule has 178 valence electrons. The summed E-state index contributed by atoms with van der Waals surface area (Å²) in [5.74, 6) is -1.01. The van der Waals surface area contributed by atoms with Crippen LogP contribution in [0.25, 0.3) is 0 Å². The minimum absolute atomic E-state index is 0.0182. The molecule has 1 heterocycles. The normalized spacial score (nSPS) is 14.5. The number of carbonyl (C=O) groups excluding carboxylic acids is 2. The van der Waals surface area contributed by atoms with Crippen molar-refractivity contribution in [2.75, 3.05) is 47.1 Å². The van der Waals surface area contributed by atoms with Crippen molar-refractivity contribution in [3.05, 3.63) is 58.6 Å². The molecule has 33 heavy (non-hydrogen) atoms. The molecule has 1 aliphatic heterocycles. The fraction of sp³-hybridized carbons (Fsp3) is 0.364. The second-order valence-corrected chi connectivity index (χ2v) is 9.62. The number of sulfonamides is 1. The lowest BCUT2D eigenvalue weighted by atomic mass is 10.1. The van der Waals surface area contributed by atoms with E-state index in [9.17, 15) is 18.0 Å². The Hall–Kier alpha value is -2.66. The maximum Gasteiger partial charge on any atom is 0.325 e. The summed E-state index contributed by atoms with van der Waals surface area (Å²) in [6.45, 7) is 0.798. The summed E-state index contributed by atoms with van der Waals surface area (Å²) in [4.78, 5) is 26.7. The molecule has 0 atom stereocenters. The lowest BCUT2D eigenvalue weighted by molar-refractivity contribution is -0.141. The van der Waals surface area contributed by atoms with Gasteiger partial charge in [-0.25, -0.2) is 8.42 Å². The Morgan fingerprint density at radius 1 is 1.09 bits per heavy atom. The van der Waals surface area contributed by atoms with Crippen LogP contribution in [0.3, 0.4) is 0 Å². The van der Waals surface area contributed by atoms with Gasteiger partial charge in [0.1, 0.15) is 12.3 Å². The Kier molecular flexibility index (Phi) is 8.30. The van der Waals surface area contributed by atoms with Gasteiger partial charge in [0.2, 0.25) is 10.0 Å². The predicted octanol–water partition coefficient (Wildman–Crippen LogP) is 2.18. The molecule has 11 heteroatoms. The van der Waals surface area contributed by atoms with E-state index in [1.807, 2.05) is 0 Å². The highest BCUT2D eigenvalue weighted by Gasteiger charge is 2.29. The molecule has 2 aromatic rings. The molecule has 1 fully saturated rings. The first kappa shape index (κ1) is 25.0. The van der Waals surface area contributed by atoms with Crippen molar-refractivity contribution < 1.29 is 32.2 Å². The molecule has 0 radical (unpaired) electrons. The second-order valence-electron chi connectivity index (χ2n) is 7.24. The molecule has 0 aromatic heterocycles. The summed E-state index contributed by atoms with van der Waals surface area (Å²) in [7, 11) is -1.23. The average Bonchev–Trinajstić information content (AvgIpc) is 2.84. The lowest BCUT2D eigenvalue weighted by Crippen LogP contribution is -2.40. The number of halogens is 1. The molecular weight excluding hydrogens is 472 g/mol. The Morgan fingerprint density at radius 3 is 2.36 bits per heavy atom. The third-order valence-corrected chi connectivity index (χ3v) is 7.28. The maximum absolute atomic E-state index is 13.5. The molecule has 0 N–H and O–H groups in total. The number of methoxy groups -OCH3 is 2. The standard InChI is InChI=1S/C22H25ClN2O7S/c1-30-20-8-7-18(33(28,29)25-9-11-32-12-10-25)13-19(20)22(27)24(15-21(26)31-2)14-16-3-5-17(23)6-4-16/h3-8,13H,9-12,14-15H2,1-2H3. The van der Waals surface area contributed by atoms with Crippen molar-refractivity contribution in [1.82, 2.24) is 9.21 Å². The molecule has 0 spiro atoms. The van der Waals surface area contributed by atoms with Gasteiger partial charge in [0, 0.05) is 24.7 Å². The zero-order valence-corrected chi connectivity index (χ0v) is 19.9. The van der Waals surface area contributed by atoms with Crippen molar-refractivity contribution in [2.45, 2.75) is 11.4 Å². The first-order valence-electron chi connectivity index (χ1n) is 10.1. The SMILES string of the molecule is COC(=O)CN(Cc1ccc(Cl)cc1)C(=O)c1cc(S(=O)(=O)N2CCOCC2)ccc1OC. The topological polar surface area (TPSA) is 102 Å². The van der Waals surface area contributed by atoms with E-state index in [0.29, 0.717) is 18.2 Å². The van der Waals surface area contributed by atoms with Crippen molar-refractivity contribution in [2.24, 2.45) is 0 Å². The van der Waals surface area contributed by atoms with Gasteiger partial charge in [0.15, 0.2) is 0 Å². The quantitative estimate of drug-likeness (QED) is 0.516. The molecule has 1 amide bonds. The third kappa shape index (κ3) is 6.02. The number of hydrogen-bond acceptors (Lipinski definition) is 7. The molecule has 1 saturated heterocycles. The van der Waals surface area contributed by atoms with Gasteiger partial charge < -0.3 is 19.1 Å². The molecule has 0 aliphatic carbocycles. The molecule has 9 nitrogen and oxygen atoms in total. The van der Waals surface area contributed by atoms with Gasteiger partial charge in [-0.1, -0.05) is 23.7 Å². The van der Waals surface area contributed by atoms with Gasteiger partial charge in [-0.15, -0.1) is 0 Å². The van der Waals surface area contributed by atoms with Crippen LogP contribution in [0.15, 0.2) is 47.4 Å². The summed E-state index contributed by atoms with van der Waals surface area (Å²) in [6, 6.07) is 10.9. The van der Waals surface area contributed by atoms with Gasteiger partial charge in [-0.3, -0.25) is 9.59 Å². The first-order valence-corrected chi connectivity index (χ1v) is 11.9. The number of nitrogens with zero attached hydrogens (tertiary/aromatic N) is 2. The van der Waals surface area contributed by atoms with Crippen LogP contribution < -0.4 is 4.74 Å². The van der Waals surface area contributed by atoms with Gasteiger partial charge in [0.05, 0.1) is 37.9 Å². The van der Waals surface area contributed by atoms with E-state index in [1.54, 1.807) is 24.3 Å². The van der Waals surface area contributed by atoms with Crippen molar-refractivity contribution >= 4 is 33.5 Å². The minimum atomic E-state index is -3.84. The van der Waals surface area contributed by atoms with Gasteiger partial charge in [-0.05, 0) is 35.9 Å². The third-order valence-electron chi connectivity index (χ3n) is 5.13. The number of hydrogen-bond donors (Lipinski definition) is 0. The highest BCUT2D eigenvalue weighted by molar-refractivity contribution is 7.89. The fourth-order valence-electron chi connectivity index (χ4n) is 3.35. The highest BCUT2D eigenvalue weighted by Crippen LogP contribution is 2.27. The van der Waals surface area contributed by atoms with Crippen LogP contribution in [0.5, 0.6) is 5.75 Å². The number of esters is 1. The van der Waals surface area contributed by atoms with Crippen LogP contribution in [-0.4, -0.2) is 76.6 Å². The van der Waals surface area contributed by atoms with Crippen molar-refractivity contribution in [1.29, 1.82) is 0 Å². The van der Waals surface area contributed by atoms with E-state index in [2.05, 4.69) is 0 Å². The largest absolute Gasteiger partial charge is 0.496 e. The average molecular weight is 497 g/mol. The fourth-order valence-corrected chi connectivity index (χ4v) is 4.91. The molecule has 0 saturated carbocycles. The Balaban J connectivity index is 1.97. The number of morpholine rings is 1. The Labute approximate surface area is 197 Å². The molecule has 3 rings (SSSR count). The minimum Gasteiger partial charge on any atom is -0.496 e. The van der Waals surface area contributed by atoms with Crippen LogP contribution >= 0.6 is 11.6 Å². The molecule has 2 aromatic carbocycles. The van der Waals surface area contributed by atoms with E-state index in [4.69, 9.17) is 25.8 Å². The van der Waals surface area contributed by atoms with Crippen LogP contribution in [0.1, 0.15) is 15.9 Å². The van der Waals surface area contributed by atoms with Crippen LogP contribution in [0.2, 0.25) is 5.02 Å². The van der Waals surface area contributed by atoms with Crippen LogP contribution in [0.4, 0.5) is 0 Å². The predicted molar refractivity (Wildman–Crippen MR) is 121 cm³/mol. The van der Waals surface area contributed by atoms with Crippen LogP contribution in [0, 0.1) is 0 Å². The first-order chi connectivity index (χ1) is 15.8. The number of rotatable bonds is 8.